The summed E-state index contributed by atoms with van der Waals surface area (Å²) >= 11 is 0. The molecule has 7 heteroatoms. The number of nitrogens with zero attached hydrogens (tertiary/aromatic N) is 4. The molecule has 1 aliphatic heterocycles. The van der Waals surface area contributed by atoms with Gasteiger partial charge in [0.25, 0.3) is 11.8 Å². The molecule has 0 unspecified atom stereocenters. The average molecular weight is 368 g/mol. The van der Waals surface area contributed by atoms with Gasteiger partial charge >= 0.3 is 0 Å². The summed E-state index contributed by atoms with van der Waals surface area (Å²) in [6.45, 7) is 4.24. The van der Waals surface area contributed by atoms with Crippen LogP contribution in [0, 0.1) is 0 Å². The average Bonchev–Trinajstić information content (AvgIpc) is 2.98. The van der Waals surface area contributed by atoms with Gasteiger partial charge in [-0.05, 0) is 24.5 Å². The number of benzene rings is 1. The molecule has 7 nitrogen and oxygen atoms in total. The Balaban J connectivity index is 1.54. The van der Waals surface area contributed by atoms with Crippen molar-refractivity contribution in [2.24, 2.45) is 0 Å². The molecule has 1 aliphatic rings. The van der Waals surface area contributed by atoms with Crippen LogP contribution < -0.4 is 4.74 Å². The number of aromatic nitrogens is 2. The zero-order valence-corrected chi connectivity index (χ0v) is 15.5. The second-order valence-electron chi connectivity index (χ2n) is 6.37. The fourth-order valence-corrected chi connectivity index (χ4v) is 3.11. The number of carbonyl (C=O) groups excluding carboxylic acids is 2. The lowest BCUT2D eigenvalue weighted by atomic mass is 10.1. The highest BCUT2D eigenvalue weighted by atomic mass is 16.5. The van der Waals surface area contributed by atoms with E-state index in [1.165, 1.54) is 18.6 Å². The third-order valence-electron chi connectivity index (χ3n) is 4.62. The van der Waals surface area contributed by atoms with Crippen molar-refractivity contribution in [3.63, 3.8) is 0 Å². The first kappa shape index (κ1) is 18.8. The number of amides is 2. The summed E-state index contributed by atoms with van der Waals surface area (Å²) in [5.74, 6) is 0.544. The van der Waals surface area contributed by atoms with Crippen LogP contribution in [-0.2, 0) is 11.2 Å². The summed E-state index contributed by atoms with van der Waals surface area (Å²) in [5.41, 5.74) is 1.42. The molecule has 1 aromatic carbocycles. The summed E-state index contributed by atoms with van der Waals surface area (Å²) in [6.07, 6.45) is 6.09. The Labute approximate surface area is 159 Å². The summed E-state index contributed by atoms with van der Waals surface area (Å²) in [4.78, 5) is 36.5. The zero-order chi connectivity index (χ0) is 19.1. The number of ether oxygens (including phenoxy) is 1. The molecule has 3 rings (SSSR count). The number of hydrogen-bond donors (Lipinski definition) is 0. The van der Waals surface area contributed by atoms with Crippen LogP contribution in [0.3, 0.4) is 0 Å². The molecule has 27 heavy (non-hydrogen) atoms. The molecule has 1 aromatic heterocycles. The van der Waals surface area contributed by atoms with Gasteiger partial charge in [-0.3, -0.25) is 14.6 Å². The van der Waals surface area contributed by atoms with Gasteiger partial charge in [-0.25, -0.2) is 4.98 Å². The van der Waals surface area contributed by atoms with Crippen LogP contribution in [0.1, 0.15) is 29.4 Å². The standard InChI is InChI=1S/C20H24N4O3/c1-2-16-6-3-4-7-18(16)27-15-19(25)23-10-5-11-24(13-12-23)20(26)17-14-21-8-9-22-17/h3-4,6-9,14H,2,5,10-13,15H2,1H3. The minimum atomic E-state index is -0.148. The maximum Gasteiger partial charge on any atom is 0.274 e. The molecule has 142 valence electrons. The molecule has 0 radical (unpaired) electrons. The topological polar surface area (TPSA) is 75.6 Å². The van der Waals surface area contributed by atoms with Crippen molar-refractivity contribution in [2.75, 3.05) is 32.8 Å². The van der Waals surface area contributed by atoms with Crippen molar-refractivity contribution in [2.45, 2.75) is 19.8 Å². The van der Waals surface area contributed by atoms with E-state index in [9.17, 15) is 9.59 Å². The number of carbonyl (C=O) groups is 2. The molecule has 2 aromatic rings. The van der Waals surface area contributed by atoms with Crippen molar-refractivity contribution in [1.29, 1.82) is 0 Å². The van der Waals surface area contributed by atoms with E-state index in [4.69, 9.17) is 4.74 Å². The monoisotopic (exact) mass is 368 g/mol. The lowest BCUT2D eigenvalue weighted by molar-refractivity contribution is -0.133. The van der Waals surface area contributed by atoms with Gasteiger partial charge in [0.1, 0.15) is 11.4 Å². The fourth-order valence-electron chi connectivity index (χ4n) is 3.11. The Kier molecular flexibility index (Phi) is 6.35. The highest BCUT2D eigenvalue weighted by Crippen LogP contribution is 2.18. The van der Waals surface area contributed by atoms with Gasteiger partial charge < -0.3 is 14.5 Å². The normalized spacial score (nSPS) is 14.6. The molecule has 1 saturated heterocycles. The molecule has 2 heterocycles. The van der Waals surface area contributed by atoms with Crippen LogP contribution >= 0.6 is 0 Å². The van der Waals surface area contributed by atoms with Crippen LogP contribution in [0.5, 0.6) is 5.75 Å². The molecule has 0 bridgehead atoms. The Hall–Kier alpha value is -2.96. The van der Waals surface area contributed by atoms with Crippen LogP contribution in [0.15, 0.2) is 42.9 Å². The van der Waals surface area contributed by atoms with Gasteiger partial charge in [-0.15, -0.1) is 0 Å². The molecular weight excluding hydrogens is 344 g/mol. The summed E-state index contributed by atoms with van der Waals surface area (Å²) < 4.78 is 5.74. The SMILES string of the molecule is CCc1ccccc1OCC(=O)N1CCCN(C(=O)c2cnccn2)CC1. The fraction of sp³-hybridized carbons (Fsp3) is 0.400. The van der Waals surface area contributed by atoms with E-state index in [0.717, 1.165) is 24.2 Å². The van der Waals surface area contributed by atoms with E-state index in [1.54, 1.807) is 9.80 Å². The van der Waals surface area contributed by atoms with E-state index in [-0.39, 0.29) is 18.4 Å². The van der Waals surface area contributed by atoms with Crippen molar-refractivity contribution in [3.05, 3.63) is 54.1 Å². The summed E-state index contributed by atoms with van der Waals surface area (Å²) in [5, 5.41) is 0. The van der Waals surface area contributed by atoms with Gasteiger partial charge in [0, 0.05) is 38.6 Å². The maximum atomic E-state index is 12.5. The Morgan fingerprint density at radius 1 is 1.07 bits per heavy atom. The first-order chi connectivity index (χ1) is 13.2. The third kappa shape index (κ3) is 4.81. The van der Waals surface area contributed by atoms with E-state index in [1.807, 2.05) is 24.3 Å². The minimum absolute atomic E-state index is 0.00905. The first-order valence-corrected chi connectivity index (χ1v) is 9.22. The second-order valence-corrected chi connectivity index (χ2v) is 6.37. The number of aryl methyl sites for hydroxylation is 1. The van der Waals surface area contributed by atoms with Crippen molar-refractivity contribution >= 4 is 11.8 Å². The van der Waals surface area contributed by atoms with Crippen molar-refractivity contribution < 1.29 is 14.3 Å². The highest BCUT2D eigenvalue weighted by Gasteiger charge is 2.23. The predicted octanol–water partition coefficient (Wildman–Crippen LogP) is 1.79. The molecule has 0 saturated carbocycles. The largest absolute Gasteiger partial charge is 0.483 e. The van der Waals surface area contributed by atoms with E-state index in [0.29, 0.717) is 31.9 Å². The summed E-state index contributed by atoms with van der Waals surface area (Å²) in [7, 11) is 0. The van der Waals surface area contributed by atoms with Crippen LogP contribution in [0.2, 0.25) is 0 Å². The van der Waals surface area contributed by atoms with Gasteiger partial charge in [0.2, 0.25) is 0 Å². The van der Waals surface area contributed by atoms with Crippen molar-refractivity contribution in [1.82, 2.24) is 19.8 Å². The summed E-state index contributed by atoms with van der Waals surface area (Å²) in [6, 6.07) is 7.75. The number of para-hydroxylation sites is 1. The molecular formula is C20H24N4O3. The third-order valence-corrected chi connectivity index (χ3v) is 4.62. The van der Waals surface area contributed by atoms with Crippen LogP contribution in [0.4, 0.5) is 0 Å². The highest BCUT2D eigenvalue weighted by molar-refractivity contribution is 5.92. The minimum Gasteiger partial charge on any atom is -0.483 e. The predicted molar refractivity (Wildman–Crippen MR) is 100 cm³/mol. The number of rotatable bonds is 5. The Bertz CT molecular complexity index is 782. The Morgan fingerprint density at radius 2 is 1.85 bits per heavy atom. The molecule has 1 fully saturated rings. The molecule has 0 atom stereocenters. The Morgan fingerprint density at radius 3 is 2.63 bits per heavy atom. The lowest BCUT2D eigenvalue weighted by Crippen LogP contribution is -2.39. The number of hydrogen-bond acceptors (Lipinski definition) is 5. The van der Waals surface area contributed by atoms with Gasteiger partial charge in [-0.1, -0.05) is 25.1 Å². The molecule has 0 N–H and O–H groups in total. The van der Waals surface area contributed by atoms with Gasteiger partial charge in [0.05, 0.1) is 6.20 Å². The van der Waals surface area contributed by atoms with Crippen molar-refractivity contribution in [3.8, 4) is 5.75 Å². The van der Waals surface area contributed by atoms with E-state index in [2.05, 4.69) is 16.9 Å². The molecule has 2 amide bonds. The van der Waals surface area contributed by atoms with Crippen LogP contribution in [-0.4, -0.2) is 64.4 Å². The first-order valence-electron chi connectivity index (χ1n) is 9.22. The second kappa shape index (κ2) is 9.12. The smallest absolute Gasteiger partial charge is 0.274 e. The van der Waals surface area contributed by atoms with E-state index < -0.39 is 0 Å². The molecule has 0 spiro atoms. The maximum absolute atomic E-state index is 12.5. The van der Waals surface area contributed by atoms with Gasteiger partial charge in [0.15, 0.2) is 6.61 Å². The van der Waals surface area contributed by atoms with E-state index >= 15 is 0 Å². The molecule has 0 aliphatic carbocycles. The van der Waals surface area contributed by atoms with Crippen LogP contribution in [0.25, 0.3) is 0 Å². The quantitative estimate of drug-likeness (QED) is 0.804. The zero-order valence-electron chi connectivity index (χ0n) is 15.5. The van der Waals surface area contributed by atoms with Gasteiger partial charge in [-0.2, -0.15) is 0 Å². The lowest BCUT2D eigenvalue weighted by Gasteiger charge is -2.22.